The van der Waals surface area contributed by atoms with Crippen LogP contribution in [0.5, 0.6) is 0 Å². The van der Waals surface area contributed by atoms with E-state index in [4.69, 9.17) is 0 Å². The summed E-state index contributed by atoms with van der Waals surface area (Å²) in [6, 6.07) is 32.9. The Labute approximate surface area is 138 Å². The van der Waals surface area contributed by atoms with E-state index in [1.165, 1.54) is 10.5 Å². The minimum atomic E-state index is -1.83. The van der Waals surface area contributed by atoms with Crippen LogP contribution in [0.4, 0.5) is 0 Å². The number of hydrogen-bond donors (Lipinski definition) is 0. The van der Waals surface area contributed by atoms with Crippen molar-refractivity contribution in [3.05, 3.63) is 91.0 Å². The van der Waals surface area contributed by atoms with E-state index in [-0.39, 0.29) is 16.8 Å². The van der Waals surface area contributed by atoms with Crippen LogP contribution in [-0.2, 0) is 16.8 Å². The van der Waals surface area contributed by atoms with Crippen LogP contribution in [-0.4, -0.2) is 20.2 Å². The summed E-state index contributed by atoms with van der Waals surface area (Å²) >= 11 is -1.83. The molecule has 0 N–H and O–H groups in total. The van der Waals surface area contributed by atoms with E-state index in [1.54, 1.807) is 0 Å². The third kappa shape index (κ3) is 3.55. The van der Waals surface area contributed by atoms with Gasteiger partial charge < -0.3 is 0 Å². The first kappa shape index (κ1) is 15.4. The van der Waals surface area contributed by atoms with E-state index in [2.05, 4.69) is 91.0 Å². The van der Waals surface area contributed by atoms with Crippen LogP contribution in [0.15, 0.2) is 91.0 Å². The first-order chi connectivity index (χ1) is 9.45. The molecule has 0 saturated heterocycles. The Morgan fingerprint density at radius 1 is 0.400 bits per heavy atom. The Kier molecular flexibility index (Phi) is 5.91. The van der Waals surface area contributed by atoms with Gasteiger partial charge in [-0.15, -0.1) is 0 Å². The zero-order chi connectivity index (χ0) is 12.9. The van der Waals surface area contributed by atoms with Gasteiger partial charge >= 0.3 is 122 Å². The minimum absolute atomic E-state index is 0. The molecule has 0 aliphatic carbocycles. The first-order valence-corrected chi connectivity index (χ1v) is 10.2. The zero-order valence-corrected chi connectivity index (χ0v) is 14.5. The van der Waals surface area contributed by atoms with Gasteiger partial charge in [-0.05, 0) is 0 Å². The van der Waals surface area contributed by atoms with E-state index >= 15 is 0 Å². The molecule has 20 heavy (non-hydrogen) atoms. The predicted octanol–water partition coefficient (Wildman–Crippen LogP) is 2.20. The second-order valence-corrected chi connectivity index (χ2v) is 10.7. The summed E-state index contributed by atoms with van der Waals surface area (Å²) in [6.07, 6.45) is 0. The van der Waals surface area contributed by atoms with Crippen LogP contribution >= 0.6 is 0 Å². The maximum absolute atomic E-state index is 2.28. The molecule has 2 heteroatoms. The van der Waals surface area contributed by atoms with Crippen molar-refractivity contribution in [3.63, 3.8) is 0 Å². The number of benzene rings is 3. The van der Waals surface area contributed by atoms with Crippen molar-refractivity contribution in [1.82, 2.24) is 0 Å². The van der Waals surface area contributed by atoms with Gasteiger partial charge in [-0.1, -0.05) is 0 Å². The molecule has 0 aliphatic heterocycles. The van der Waals surface area contributed by atoms with Crippen molar-refractivity contribution in [2.75, 3.05) is 0 Å². The van der Waals surface area contributed by atoms with Gasteiger partial charge in [0.1, 0.15) is 0 Å². The van der Waals surface area contributed by atoms with E-state index < -0.39 is 20.2 Å². The Bertz CT molecular complexity index is 529. The fraction of sp³-hybridized carbons (Fsp3) is 0. The molecule has 0 spiro atoms. The molecular formula is C18H15CoSb. The summed E-state index contributed by atoms with van der Waals surface area (Å²) in [5.41, 5.74) is 0. The van der Waals surface area contributed by atoms with Gasteiger partial charge in [-0.3, -0.25) is 0 Å². The molecule has 0 bridgehead atoms. The molecule has 101 valence electrons. The Morgan fingerprint density at radius 3 is 0.900 bits per heavy atom. The van der Waals surface area contributed by atoms with E-state index in [0.29, 0.717) is 0 Å². The predicted molar refractivity (Wildman–Crippen MR) is 84.0 cm³/mol. The van der Waals surface area contributed by atoms with Gasteiger partial charge in [-0.2, -0.15) is 0 Å². The van der Waals surface area contributed by atoms with E-state index in [0.717, 1.165) is 0 Å². The van der Waals surface area contributed by atoms with Gasteiger partial charge in [0.05, 0.1) is 0 Å². The standard InChI is InChI=1S/3C6H5.Co.Sb/c3*1-2-4-6-5-3-1;;/h3*1-5H;;. The van der Waals surface area contributed by atoms with Gasteiger partial charge in [0.15, 0.2) is 0 Å². The fourth-order valence-electron chi connectivity index (χ4n) is 2.18. The molecule has 3 aromatic rings. The van der Waals surface area contributed by atoms with Crippen molar-refractivity contribution >= 4 is 30.7 Å². The topological polar surface area (TPSA) is 0 Å². The van der Waals surface area contributed by atoms with Gasteiger partial charge in [0.2, 0.25) is 0 Å². The summed E-state index contributed by atoms with van der Waals surface area (Å²) in [4.78, 5) is 0. The number of hydrogen-bond acceptors (Lipinski definition) is 0. The normalized spacial score (nSPS) is 10.1. The molecular weight excluding hydrogens is 397 g/mol. The fourth-order valence-corrected chi connectivity index (χ4v) is 8.76. The van der Waals surface area contributed by atoms with Gasteiger partial charge in [0.25, 0.3) is 0 Å². The summed E-state index contributed by atoms with van der Waals surface area (Å²) in [5.74, 6) is 0. The Morgan fingerprint density at radius 2 is 0.650 bits per heavy atom. The monoisotopic (exact) mass is 411 g/mol. The summed E-state index contributed by atoms with van der Waals surface area (Å²) < 4.78 is 4.55. The van der Waals surface area contributed by atoms with Crippen LogP contribution in [0.25, 0.3) is 0 Å². The Balaban J connectivity index is 0.00000147. The first-order valence-electron chi connectivity index (χ1n) is 6.40. The van der Waals surface area contributed by atoms with Crippen LogP contribution in [0, 0.1) is 0 Å². The van der Waals surface area contributed by atoms with Crippen LogP contribution in [0.1, 0.15) is 0 Å². The molecule has 0 saturated carbocycles. The molecule has 3 aromatic carbocycles. The average Bonchev–Trinajstić information content (AvgIpc) is 2.51. The van der Waals surface area contributed by atoms with Crippen LogP contribution in [0.3, 0.4) is 0 Å². The SMILES string of the molecule is [Co].c1cc[c]([Sb]([c]2ccccc2)[c]2ccccc2)cc1. The van der Waals surface area contributed by atoms with Gasteiger partial charge in [-0.25, -0.2) is 0 Å². The Hall–Kier alpha value is -1.02. The maximum atomic E-state index is 2.28. The van der Waals surface area contributed by atoms with Crippen LogP contribution < -0.4 is 10.5 Å². The van der Waals surface area contributed by atoms with Crippen molar-refractivity contribution in [3.8, 4) is 0 Å². The molecule has 0 unspecified atom stereocenters. The third-order valence-electron chi connectivity index (χ3n) is 3.04. The molecule has 0 amide bonds. The molecule has 0 aromatic heterocycles. The van der Waals surface area contributed by atoms with E-state index in [1.807, 2.05) is 0 Å². The molecule has 3 rings (SSSR count). The second-order valence-electron chi connectivity index (χ2n) is 4.34. The van der Waals surface area contributed by atoms with Crippen molar-refractivity contribution < 1.29 is 16.8 Å². The molecule has 0 atom stereocenters. The zero-order valence-electron chi connectivity index (χ0n) is 10.9. The number of rotatable bonds is 3. The molecule has 1 radical (unpaired) electrons. The molecule has 0 fully saturated rings. The average molecular weight is 412 g/mol. The van der Waals surface area contributed by atoms with Gasteiger partial charge in [0, 0.05) is 16.8 Å². The quantitative estimate of drug-likeness (QED) is 0.580. The molecule has 0 heterocycles. The second kappa shape index (κ2) is 7.68. The van der Waals surface area contributed by atoms with E-state index in [9.17, 15) is 0 Å². The van der Waals surface area contributed by atoms with Crippen LogP contribution in [0.2, 0.25) is 0 Å². The van der Waals surface area contributed by atoms with Crippen molar-refractivity contribution in [1.29, 1.82) is 0 Å². The van der Waals surface area contributed by atoms with Crippen molar-refractivity contribution in [2.45, 2.75) is 0 Å². The summed E-state index contributed by atoms with van der Waals surface area (Å²) in [7, 11) is 0. The molecule has 0 nitrogen and oxygen atoms in total. The van der Waals surface area contributed by atoms with Crippen molar-refractivity contribution in [2.24, 2.45) is 0 Å². The summed E-state index contributed by atoms with van der Waals surface area (Å²) in [6.45, 7) is 0. The third-order valence-corrected chi connectivity index (χ3v) is 10.0. The molecule has 0 aliphatic rings. The summed E-state index contributed by atoms with van der Waals surface area (Å²) in [5, 5.41) is 0.